The van der Waals surface area contributed by atoms with Gasteiger partial charge in [0.2, 0.25) is 0 Å². The van der Waals surface area contributed by atoms with Crippen molar-refractivity contribution in [3.05, 3.63) is 90.6 Å². The number of thioether (sulfide) groups is 1. The quantitative estimate of drug-likeness (QED) is 0.307. The lowest BCUT2D eigenvalue weighted by molar-refractivity contribution is -0.143. The summed E-state index contributed by atoms with van der Waals surface area (Å²) in [6.07, 6.45) is 1.60. The predicted molar refractivity (Wildman–Crippen MR) is 158 cm³/mol. The van der Waals surface area contributed by atoms with E-state index in [0.717, 1.165) is 16.2 Å². The molecule has 1 amide bonds. The van der Waals surface area contributed by atoms with Crippen LogP contribution in [0.2, 0.25) is 0 Å². The van der Waals surface area contributed by atoms with Crippen molar-refractivity contribution in [3.63, 3.8) is 0 Å². The molecule has 0 spiro atoms. The van der Waals surface area contributed by atoms with Crippen LogP contribution >= 0.6 is 23.1 Å². The number of nitrogens with zero attached hydrogens (tertiary/aromatic N) is 3. The normalized spacial score (nSPS) is 17.4. The number of ether oxygens (including phenoxy) is 2. The van der Waals surface area contributed by atoms with E-state index in [0.29, 0.717) is 27.3 Å². The maximum absolute atomic E-state index is 14.2. The number of benzene rings is 2. The van der Waals surface area contributed by atoms with Crippen molar-refractivity contribution >= 4 is 52.2 Å². The van der Waals surface area contributed by atoms with Crippen molar-refractivity contribution < 1.29 is 23.9 Å². The fourth-order valence-corrected chi connectivity index (χ4v) is 6.55. The van der Waals surface area contributed by atoms with Crippen LogP contribution < -0.4 is 19.8 Å². The third-order valence-corrected chi connectivity index (χ3v) is 8.53. The topological polar surface area (TPSA) is 107 Å². The molecule has 0 saturated heterocycles. The first-order chi connectivity index (χ1) is 19.7. The minimum Gasteiger partial charge on any atom is -0.465 e. The Kier molecular flexibility index (Phi) is 8.01. The molecule has 0 saturated carbocycles. The third kappa shape index (κ3) is 5.15. The molecule has 5 rings (SSSR count). The van der Waals surface area contributed by atoms with Crippen molar-refractivity contribution in [2.75, 3.05) is 24.3 Å². The smallest absolute Gasteiger partial charge is 0.338 e. The highest BCUT2D eigenvalue weighted by Crippen LogP contribution is 2.36. The molecule has 41 heavy (non-hydrogen) atoms. The number of esters is 2. The van der Waals surface area contributed by atoms with Crippen molar-refractivity contribution in [2.45, 2.75) is 44.7 Å². The molecule has 9 nitrogen and oxygen atoms in total. The van der Waals surface area contributed by atoms with Crippen LogP contribution in [0.15, 0.2) is 74.5 Å². The number of hydrogen-bond acceptors (Lipinski definition) is 9. The largest absolute Gasteiger partial charge is 0.465 e. The zero-order valence-corrected chi connectivity index (χ0v) is 24.9. The number of carbonyl (C=O) groups is 3. The molecule has 1 aromatic heterocycles. The zero-order chi connectivity index (χ0) is 29.4. The molecular weight excluding hydrogens is 562 g/mol. The molecule has 1 atom stereocenters. The second-order valence-electron chi connectivity index (χ2n) is 9.72. The molecule has 0 N–H and O–H groups in total. The van der Waals surface area contributed by atoms with E-state index >= 15 is 0 Å². The van der Waals surface area contributed by atoms with Gasteiger partial charge in [0, 0.05) is 10.5 Å². The number of allylic oxidation sites excluding steroid dienone is 1. The fraction of sp³-hybridized carbons (Fsp3) is 0.300. The van der Waals surface area contributed by atoms with Gasteiger partial charge in [-0.3, -0.25) is 23.9 Å². The molecular formula is C30H29N3O6S2. The molecule has 2 aromatic carbocycles. The molecule has 2 aliphatic heterocycles. The number of aromatic nitrogens is 1. The highest BCUT2D eigenvalue weighted by atomic mass is 32.2. The summed E-state index contributed by atoms with van der Waals surface area (Å²) < 4.78 is 12.3. The molecule has 0 fully saturated rings. The van der Waals surface area contributed by atoms with Crippen LogP contribution in [0.3, 0.4) is 0 Å². The standard InChI is InChI=1S/C30H29N3O6S2/c1-6-38-22(34)15-32-21-10-8-7-9-20(21)24(27(32)35)26-28(36)33-25(18-11-13-19(40-5)14-12-18)23(29(37)39-16(2)3)17(4)31-30(33)41-26/h7-14,16,25H,6,15H2,1-5H3/b26-24-/t25-/m0/s1. The summed E-state index contributed by atoms with van der Waals surface area (Å²) >= 11 is 2.67. The Morgan fingerprint density at radius 2 is 1.80 bits per heavy atom. The molecule has 0 bridgehead atoms. The van der Waals surface area contributed by atoms with Crippen LogP contribution in [-0.2, 0) is 23.9 Å². The van der Waals surface area contributed by atoms with Gasteiger partial charge in [-0.25, -0.2) is 9.79 Å². The van der Waals surface area contributed by atoms with Gasteiger partial charge in [-0.05, 0) is 57.7 Å². The Balaban J connectivity index is 1.74. The molecule has 0 aliphatic carbocycles. The van der Waals surface area contributed by atoms with Gasteiger partial charge in [0.25, 0.3) is 11.5 Å². The third-order valence-electron chi connectivity index (χ3n) is 6.73. The average molecular weight is 592 g/mol. The van der Waals surface area contributed by atoms with Gasteiger partial charge < -0.3 is 9.47 Å². The summed E-state index contributed by atoms with van der Waals surface area (Å²) in [6, 6.07) is 13.9. The van der Waals surface area contributed by atoms with Crippen LogP contribution in [-0.4, -0.2) is 47.9 Å². The van der Waals surface area contributed by atoms with E-state index < -0.39 is 29.4 Å². The van der Waals surface area contributed by atoms with Gasteiger partial charge in [0.15, 0.2) is 4.80 Å². The van der Waals surface area contributed by atoms with Crippen molar-refractivity contribution in [1.29, 1.82) is 0 Å². The first kappa shape index (κ1) is 28.6. The number of amides is 1. The lowest BCUT2D eigenvalue weighted by atomic mass is 9.96. The molecule has 3 aromatic rings. The molecule has 212 valence electrons. The molecule has 2 aliphatic rings. The predicted octanol–water partition coefficient (Wildman–Crippen LogP) is 3.19. The van der Waals surface area contributed by atoms with Crippen LogP contribution in [0.1, 0.15) is 44.9 Å². The monoisotopic (exact) mass is 591 g/mol. The minimum absolute atomic E-state index is 0.185. The summed E-state index contributed by atoms with van der Waals surface area (Å²) in [6.45, 7) is 6.85. The van der Waals surface area contributed by atoms with Gasteiger partial charge in [0.05, 0.1) is 41.3 Å². The fourth-order valence-electron chi connectivity index (χ4n) is 5.00. The first-order valence-electron chi connectivity index (χ1n) is 13.1. The maximum atomic E-state index is 14.2. The highest BCUT2D eigenvalue weighted by Gasteiger charge is 2.38. The Hall–Kier alpha value is -3.96. The number of carbonyl (C=O) groups excluding carboxylic acids is 3. The van der Waals surface area contributed by atoms with E-state index in [9.17, 15) is 19.2 Å². The van der Waals surface area contributed by atoms with Gasteiger partial charge in [-0.2, -0.15) is 0 Å². The Morgan fingerprint density at radius 1 is 1.10 bits per heavy atom. The first-order valence-corrected chi connectivity index (χ1v) is 15.2. The summed E-state index contributed by atoms with van der Waals surface area (Å²) in [5.41, 5.74) is 2.23. The van der Waals surface area contributed by atoms with E-state index in [4.69, 9.17) is 9.47 Å². The van der Waals surface area contributed by atoms with Gasteiger partial charge in [0.1, 0.15) is 11.1 Å². The van der Waals surface area contributed by atoms with E-state index in [-0.39, 0.29) is 34.9 Å². The van der Waals surface area contributed by atoms with Crippen LogP contribution in [0, 0.1) is 0 Å². The number of anilines is 1. The zero-order valence-electron chi connectivity index (χ0n) is 23.3. The lowest BCUT2D eigenvalue weighted by Gasteiger charge is -2.25. The minimum atomic E-state index is -0.801. The van der Waals surface area contributed by atoms with Gasteiger partial charge >= 0.3 is 11.9 Å². The maximum Gasteiger partial charge on any atom is 0.338 e. The Labute approximate surface area is 244 Å². The second-order valence-corrected chi connectivity index (χ2v) is 11.6. The summed E-state index contributed by atoms with van der Waals surface area (Å²) in [5.74, 6) is -1.57. The summed E-state index contributed by atoms with van der Waals surface area (Å²) in [4.78, 5) is 61.1. The Morgan fingerprint density at radius 3 is 2.46 bits per heavy atom. The van der Waals surface area contributed by atoms with E-state index in [1.54, 1.807) is 63.7 Å². The SMILES string of the molecule is CCOC(=O)CN1C(=O)/C(=c2\sc3n(c2=O)[C@@H](c2ccc(SC)cc2)C(C(=O)OC(C)C)=C(C)N=3)c2ccccc21. The van der Waals surface area contributed by atoms with Crippen LogP contribution in [0.25, 0.3) is 5.57 Å². The Bertz CT molecular complexity index is 1770. The van der Waals surface area contributed by atoms with E-state index in [2.05, 4.69) is 4.99 Å². The van der Waals surface area contributed by atoms with Gasteiger partial charge in [-0.15, -0.1) is 11.8 Å². The van der Waals surface area contributed by atoms with Crippen molar-refractivity contribution in [3.8, 4) is 0 Å². The number of hydrogen-bond donors (Lipinski definition) is 0. The second kappa shape index (κ2) is 11.5. The highest BCUT2D eigenvalue weighted by molar-refractivity contribution is 7.98. The van der Waals surface area contributed by atoms with Crippen LogP contribution in [0.4, 0.5) is 5.69 Å². The van der Waals surface area contributed by atoms with Gasteiger partial charge in [-0.1, -0.05) is 41.7 Å². The van der Waals surface area contributed by atoms with Crippen LogP contribution in [0.5, 0.6) is 0 Å². The number of thiazole rings is 1. The van der Waals surface area contributed by atoms with E-state index in [1.165, 1.54) is 9.47 Å². The van der Waals surface area contributed by atoms with Crippen molar-refractivity contribution in [1.82, 2.24) is 4.57 Å². The summed E-state index contributed by atoms with van der Waals surface area (Å²) in [7, 11) is 0. The van der Waals surface area contributed by atoms with Crippen molar-refractivity contribution in [2.24, 2.45) is 4.99 Å². The number of fused-ring (bicyclic) bond motifs is 2. The molecule has 0 unspecified atom stereocenters. The summed E-state index contributed by atoms with van der Waals surface area (Å²) in [5, 5.41) is 0. The van der Waals surface area contributed by atoms with E-state index in [1.807, 2.05) is 30.5 Å². The molecule has 0 radical (unpaired) electrons. The average Bonchev–Trinajstić information content (AvgIpc) is 3.40. The molecule has 11 heteroatoms. The number of rotatable bonds is 7. The lowest BCUT2D eigenvalue weighted by Crippen LogP contribution is -2.41. The number of para-hydroxylation sites is 1. The molecule has 3 heterocycles.